The summed E-state index contributed by atoms with van der Waals surface area (Å²) in [6.07, 6.45) is -0.595. The van der Waals surface area contributed by atoms with Crippen molar-refractivity contribution in [2.75, 3.05) is 32.9 Å². The van der Waals surface area contributed by atoms with E-state index < -0.39 is 6.10 Å². The first kappa shape index (κ1) is 15.9. The number of para-hydroxylation sites is 1. The minimum atomic E-state index is -0.595. The second kappa shape index (κ2) is 7.48. The molecule has 0 amide bonds. The molecule has 1 N–H and O–H groups in total. The van der Waals surface area contributed by atoms with Crippen LogP contribution in [0, 0.1) is 0 Å². The van der Waals surface area contributed by atoms with Gasteiger partial charge >= 0.3 is 0 Å². The Morgan fingerprint density at radius 1 is 1.45 bits per heavy atom. The van der Waals surface area contributed by atoms with Crippen molar-refractivity contribution in [1.82, 2.24) is 4.90 Å². The molecule has 0 saturated carbocycles. The summed E-state index contributed by atoms with van der Waals surface area (Å²) in [4.78, 5) is 2.19. The summed E-state index contributed by atoms with van der Waals surface area (Å²) in [6, 6.07) is 5.48. The number of benzene rings is 1. The van der Waals surface area contributed by atoms with E-state index in [4.69, 9.17) is 32.7 Å². The van der Waals surface area contributed by atoms with Crippen LogP contribution in [-0.4, -0.2) is 55.1 Å². The van der Waals surface area contributed by atoms with Crippen molar-refractivity contribution < 1.29 is 14.6 Å². The van der Waals surface area contributed by atoms with Gasteiger partial charge in [0.05, 0.1) is 23.3 Å². The van der Waals surface area contributed by atoms with Crippen molar-refractivity contribution in [1.29, 1.82) is 0 Å². The van der Waals surface area contributed by atoms with E-state index in [0.717, 1.165) is 6.54 Å². The van der Waals surface area contributed by atoms with E-state index in [2.05, 4.69) is 11.8 Å². The van der Waals surface area contributed by atoms with Gasteiger partial charge in [-0.15, -0.1) is 0 Å². The Morgan fingerprint density at radius 2 is 2.15 bits per heavy atom. The smallest absolute Gasteiger partial charge is 0.156 e. The zero-order chi connectivity index (χ0) is 14.5. The Labute approximate surface area is 129 Å². The predicted molar refractivity (Wildman–Crippen MR) is 79.8 cm³/mol. The normalized spacial score (nSPS) is 21.7. The van der Waals surface area contributed by atoms with Crippen molar-refractivity contribution >= 4 is 23.2 Å². The number of ether oxygens (including phenoxy) is 2. The molecule has 1 fully saturated rings. The average molecular weight is 320 g/mol. The summed E-state index contributed by atoms with van der Waals surface area (Å²) < 4.78 is 10.9. The minimum Gasteiger partial charge on any atom is -0.488 e. The van der Waals surface area contributed by atoms with Crippen molar-refractivity contribution in [2.45, 2.75) is 19.1 Å². The highest BCUT2D eigenvalue weighted by atomic mass is 35.5. The first-order chi connectivity index (χ1) is 9.58. The third kappa shape index (κ3) is 4.24. The number of hydrogen-bond acceptors (Lipinski definition) is 4. The molecule has 0 radical (unpaired) electrons. The molecule has 2 unspecified atom stereocenters. The van der Waals surface area contributed by atoms with E-state index in [0.29, 0.717) is 41.6 Å². The van der Waals surface area contributed by atoms with E-state index in [1.807, 2.05) is 0 Å². The SMILES string of the molecule is CC1COCCN1CC(O)COc1c(Cl)cccc1Cl. The molecule has 0 aromatic heterocycles. The van der Waals surface area contributed by atoms with Crippen LogP contribution in [0.3, 0.4) is 0 Å². The molecule has 2 atom stereocenters. The Kier molecular flexibility index (Phi) is 5.93. The lowest BCUT2D eigenvalue weighted by Gasteiger charge is -2.34. The standard InChI is InChI=1S/C14H19Cl2NO3/c1-10-8-19-6-5-17(10)7-11(18)9-20-14-12(15)3-2-4-13(14)16/h2-4,10-11,18H,5-9H2,1H3. The predicted octanol–water partition coefficient (Wildman–Crippen LogP) is 2.45. The molecule has 1 aromatic rings. The number of hydrogen-bond donors (Lipinski definition) is 1. The largest absolute Gasteiger partial charge is 0.488 e. The first-order valence-corrected chi connectivity index (χ1v) is 7.40. The Morgan fingerprint density at radius 3 is 2.80 bits per heavy atom. The van der Waals surface area contributed by atoms with Crippen molar-refractivity contribution in [3.63, 3.8) is 0 Å². The molecule has 1 aliphatic rings. The van der Waals surface area contributed by atoms with Gasteiger partial charge in [-0.2, -0.15) is 0 Å². The zero-order valence-corrected chi connectivity index (χ0v) is 12.9. The van der Waals surface area contributed by atoms with Gasteiger partial charge in [0.2, 0.25) is 0 Å². The summed E-state index contributed by atoms with van der Waals surface area (Å²) in [5.74, 6) is 0.421. The van der Waals surface area contributed by atoms with Crippen LogP contribution in [0.25, 0.3) is 0 Å². The van der Waals surface area contributed by atoms with Gasteiger partial charge in [-0.3, -0.25) is 4.90 Å². The van der Waals surface area contributed by atoms with E-state index in [9.17, 15) is 5.11 Å². The maximum absolute atomic E-state index is 10.1. The number of nitrogens with zero attached hydrogens (tertiary/aromatic N) is 1. The zero-order valence-electron chi connectivity index (χ0n) is 11.4. The fourth-order valence-electron chi connectivity index (χ4n) is 2.16. The Balaban J connectivity index is 1.84. The molecule has 1 aliphatic heterocycles. The lowest BCUT2D eigenvalue weighted by Crippen LogP contribution is -2.47. The topological polar surface area (TPSA) is 41.9 Å². The highest BCUT2D eigenvalue weighted by Gasteiger charge is 2.21. The van der Waals surface area contributed by atoms with E-state index in [-0.39, 0.29) is 6.61 Å². The van der Waals surface area contributed by atoms with E-state index >= 15 is 0 Å². The molecule has 6 heteroatoms. The lowest BCUT2D eigenvalue weighted by molar-refractivity contribution is -0.0265. The van der Waals surface area contributed by atoms with Crippen LogP contribution in [0.5, 0.6) is 5.75 Å². The molecule has 1 heterocycles. The molecular formula is C14H19Cl2NO3. The van der Waals surface area contributed by atoms with Crippen LogP contribution >= 0.6 is 23.2 Å². The van der Waals surface area contributed by atoms with Crippen LogP contribution in [-0.2, 0) is 4.74 Å². The van der Waals surface area contributed by atoms with Gasteiger partial charge in [-0.25, -0.2) is 0 Å². The van der Waals surface area contributed by atoms with E-state index in [1.165, 1.54) is 0 Å². The molecule has 20 heavy (non-hydrogen) atoms. The molecule has 2 rings (SSSR count). The molecule has 1 aromatic carbocycles. The van der Waals surface area contributed by atoms with Gasteiger partial charge in [0.25, 0.3) is 0 Å². The molecule has 0 aliphatic carbocycles. The summed E-state index contributed by atoms with van der Waals surface area (Å²) in [5, 5.41) is 11.0. The van der Waals surface area contributed by atoms with Crippen LogP contribution in [0.15, 0.2) is 18.2 Å². The summed E-state index contributed by atoms with van der Waals surface area (Å²) in [5.41, 5.74) is 0. The number of morpholine rings is 1. The third-order valence-electron chi connectivity index (χ3n) is 3.29. The second-order valence-electron chi connectivity index (χ2n) is 4.93. The van der Waals surface area contributed by atoms with Crippen LogP contribution in [0.2, 0.25) is 10.0 Å². The number of β-amino-alcohol motifs (C(OH)–C–C–N with tert-alkyl or cyclic N) is 1. The number of aliphatic hydroxyl groups is 1. The molecule has 4 nitrogen and oxygen atoms in total. The number of aliphatic hydroxyl groups excluding tert-OH is 1. The summed E-state index contributed by atoms with van der Waals surface area (Å²) in [6.45, 7) is 5.01. The molecule has 0 bridgehead atoms. The van der Waals surface area contributed by atoms with Crippen LogP contribution in [0.4, 0.5) is 0 Å². The Bertz CT molecular complexity index is 424. The van der Waals surface area contributed by atoms with Gasteiger partial charge in [0.15, 0.2) is 5.75 Å². The summed E-state index contributed by atoms with van der Waals surface area (Å²) >= 11 is 12.0. The quantitative estimate of drug-likeness (QED) is 0.905. The second-order valence-corrected chi connectivity index (χ2v) is 5.75. The monoisotopic (exact) mass is 319 g/mol. The van der Waals surface area contributed by atoms with Crippen molar-refractivity contribution in [3.8, 4) is 5.75 Å². The maximum atomic E-state index is 10.1. The number of rotatable bonds is 5. The highest BCUT2D eigenvalue weighted by Crippen LogP contribution is 2.32. The van der Waals surface area contributed by atoms with Crippen molar-refractivity contribution in [3.05, 3.63) is 28.2 Å². The Hall–Kier alpha value is -0.520. The maximum Gasteiger partial charge on any atom is 0.156 e. The van der Waals surface area contributed by atoms with Crippen molar-refractivity contribution in [2.24, 2.45) is 0 Å². The van der Waals surface area contributed by atoms with Crippen LogP contribution in [0.1, 0.15) is 6.92 Å². The van der Waals surface area contributed by atoms with Gasteiger partial charge in [-0.1, -0.05) is 29.3 Å². The van der Waals surface area contributed by atoms with Gasteiger partial charge in [-0.05, 0) is 19.1 Å². The van der Waals surface area contributed by atoms with Gasteiger partial charge in [0, 0.05) is 19.1 Å². The lowest BCUT2D eigenvalue weighted by atomic mass is 10.2. The molecule has 1 saturated heterocycles. The van der Waals surface area contributed by atoms with Gasteiger partial charge < -0.3 is 14.6 Å². The fourth-order valence-corrected chi connectivity index (χ4v) is 2.66. The van der Waals surface area contributed by atoms with Crippen LogP contribution < -0.4 is 4.74 Å². The molecule has 0 spiro atoms. The van der Waals surface area contributed by atoms with E-state index in [1.54, 1.807) is 18.2 Å². The van der Waals surface area contributed by atoms with Gasteiger partial charge in [0.1, 0.15) is 12.7 Å². The molecular weight excluding hydrogens is 301 g/mol. The third-order valence-corrected chi connectivity index (χ3v) is 3.88. The highest BCUT2D eigenvalue weighted by molar-refractivity contribution is 6.37. The summed E-state index contributed by atoms with van der Waals surface area (Å²) in [7, 11) is 0. The fraction of sp³-hybridized carbons (Fsp3) is 0.571. The average Bonchev–Trinajstić information content (AvgIpc) is 2.41. The first-order valence-electron chi connectivity index (χ1n) is 6.64. The molecule has 112 valence electrons. The number of halogens is 2. The minimum absolute atomic E-state index is 0.160.